The Bertz CT molecular complexity index is 301. The summed E-state index contributed by atoms with van der Waals surface area (Å²) in [6.07, 6.45) is 3.36. The standard InChI is InChI=1S/C15H34N4OS.HI/c1-8-20-13(9-10-19(5)6)11-17-14(16-4)18-12-15(2,3)21-7;/h13H,8-12H2,1-7H3,(H2,16,17,18);1H. The van der Waals surface area contributed by atoms with Gasteiger partial charge in [0.1, 0.15) is 0 Å². The summed E-state index contributed by atoms with van der Waals surface area (Å²) in [5.74, 6) is 0.840. The van der Waals surface area contributed by atoms with Gasteiger partial charge < -0.3 is 20.3 Å². The summed E-state index contributed by atoms with van der Waals surface area (Å²) in [5, 5.41) is 6.74. The number of thioether (sulfide) groups is 1. The van der Waals surface area contributed by atoms with Crippen molar-refractivity contribution in [3.8, 4) is 0 Å². The normalized spacial score (nSPS) is 13.7. The van der Waals surface area contributed by atoms with E-state index in [-0.39, 0.29) is 34.8 Å². The first kappa shape index (κ1) is 24.5. The molecule has 7 heteroatoms. The average Bonchev–Trinajstić information content (AvgIpc) is 2.44. The molecule has 0 saturated carbocycles. The fourth-order valence-electron chi connectivity index (χ4n) is 1.68. The number of guanidine groups is 1. The number of halogens is 1. The van der Waals surface area contributed by atoms with Crippen LogP contribution in [0.4, 0.5) is 0 Å². The van der Waals surface area contributed by atoms with Crippen molar-refractivity contribution in [2.75, 3.05) is 53.6 Å². The minimum atomic E-state index is 0. The topological polar surface area (TPSA) is 48.9 Å². The van der Waals surface area contributed by atoms with Crippen molar-refractivity contribution in [3.63, 3.8) is 0 Å². The first-order valence-electron chi connectivity index (χ1n) is 7.60. The van der Waals surface area contributed by atoms with Gasteiger partial charge in [-0.2, -0.15) is 11.8 Å². The molecule has 0 saturated heterocycles. The van der Waals surface area contributed by atoms with Crippen molar-refractivity contribution in [3.05, 3.63) is 0 Å². The molecule has 5 nitrogen and oxygen atoms in total. The second-order valence-electron chi connectivity index (χ2n) is 5.94. The number of aliphatic imine (C=N–C) groups is 1. The van der Waals surface area contributed by atoms with Crippen molar-refractivity contribution in [1.82, 2.24) is 15.5 Å². The second-order valence-corrected chi connectivity index (χ2v) is 7.45. The predicted molar refractivity (Wildman–Crippen MR) is 111 cm³/mol. The van der Waals surface area contributed by atoms with Gasteiger partial charge in [-0.1, -0.05) is 0 Å². The van der Waals surface area contributed by atoms with Crippen LogP contribution in [0.2, 0.25) is 0 Å². The van der Waals surface area contributed by atoms with Gasteiger partial charge in [-0.25, -0.2) is 0 Å². The summed E-state index contributed by atoms with van der Waals surface area (Å²) in [6.45, 7) is 9.90. The smallest absolute Gasteiger partial charge is 0.191 e. The fourth-order valence-corrected chi connectivity index (χ4v) is 1.90. The monoisotopic (exact) mass is 446 g/mol. The number of ether oxygens (including phenoxy) is 1. The second kappa shape index (κ2) is 13.7. The molecule has 22 heavy (non-hydrogen) atoms. The molecule has 0 aliphatic heterocycles. The third-order valence-electron chi connectivity index (χ3n) is 3.26. The van der Waals surface area contributed by atoms with Crippen molar-refractivity contribution in [2.45, 2.75) is 38.0 Å². The zero-order chi connectivity index (χ0) is 16.3. The largest absolute Gasteiger partial charge is 0.377 e. The number of hydrogen-bond donors (Lipinski definition) is 2. The molecule has 0 aromatic rings. The van der Waals surface area contributed by atoms with E-state index in [0.29, 0.717) is 0 Å². The summed E-state index contributed by atoms with van der Waals surface area (Å²) in [6, 6.07) is 0. The maximum Gasteiger partial charge on any atom is 0.191 e. The number of rotatable bonds is 10. The lowest BCUT2D eigenvalue weighted by molar-refractivity contribution is 0.0548. The molecule has 0 bridgehead atoms. The maximum absolute atomic E-state index is 5.78. The number of hydrogen-bond acceptors (Lipinski definition) is 4. The molecule has 0 amide bonds. The Hall–Kier alpha value is 0.270. The molecule has 0 heterocycles. The minimum Gasteiger partial charge on any atom is -0.377 e. The number of nitrogens with zero attached hydrogens (tertiary/aromatic N) is 2. The Balaban J connectivity index is 0. The summed E-state index contributed by atoms with van der Waals surface area (Å²) in [4.78, 5) is 6.45. The maximum atomic E-state index is 5.78. The Morgan fingerprint density at radius 1 is 1.32 bits per heavy atom. The van der Waals surface area contributed by atoms with E-state index in [9.17, 15) is 0 Å². The van der Waals surface area contributed by atoms with Crippen LogP contribution in [0.1, 0.15) is 27.2 Å². The highest BCUT2D eigenvalue weighted by Crippen LogP contribution is 2.19. The van der Waals surface area contributed by atoms with Crippen LogP contribution in [0.25, 0.3) is 0 Å². The summed E-state index contributed by atoms with van der Waals surface area (Å²) >= 11 is 1.85. The van der Waals surface area contributed by atoms with E-state index in [2.05, 4.69) is 54.7 Å². The highest BCUT2D eigenvalue weighted by molar-refractivity contribution is 14.0. The SMILES string of the molecule is CCOC(CCN(C)C)CNC(=NC)NCC(C)(C)SC.I. The zero-order valence-corrected chi connectivity index (χ0v) is 18.4. The molecule has 0 spiro atoms. The molecule has 1 atom stereocenters. The molecule has 0 aliphatic rings. The molecule has 0 radical (unpaired) electrons. The van der Waals surface area contributed by atoms with Crippen molar-refractivity contribution in [2.24, 2.45) is 4.99 Å². The molecule has 2 N–H and O–H groups in total. The fraction of sp³-hybridized carbons (Fsp3) is 0.933. The molecule has 0 aromatic carbocycles. The summed E-state index contributed by atoms with van der Waals surface area (Å²) < 4.78 is 5.97. The van der Waals surface area contributed by atoms with Crippen LogP contribution in [0, 0.1) is 0 Å². The van der Waals surface area contributed by atoms with Crippen LogP contribution in [0.3, 0.4) is 0 Å². The van der Waals surface area contributed by atoms with Gasteiger partial charge in [0.25, 0.3) is 0 Å². The van der Waals surface area contributed by atoms with E-state index in [1.165, 1.54) is 0 Å². The molecule has 134 valence electrons. The third-order valence-corrected chi connectivity index (χ3v) is 4.51. The lowest BCUT2D eigenvalue weighted by atomic mass is 10.2. The quantitative estimate of drug-likeness (QED) is 0.306. The Morgan fingerprint density at radius 3 is 2.41 bits per heavy atom. The van der Waals surface area contributed by atoms with E-state index in [4.69, 9.17) is 4.74 Å². The van der Waals surface area contributed by atoms with Crippen LogP contribution in [0.5, 0.6) is 0 Å². The average molecular weight is 446 g/mol. The van der Waals surface area contributed by atoms with Crippen molar-refractivity contribution in [1.29, 1.82) is 0 Å². The Kier molecular flexibility index (Phi) is 15.3. The van der Waals surface area contributed by atoms with Gasteiger partial charge in [0.15, 0.2) is 5.96 Å². The van der Waals surface area contributed by atoms with Crippen molar-refractivity contribution >= 4 is 41.7 Å². The van der Waals surface area contributed by atoms with E-state index in [0.717, 1.165) is 38.6 Å². The Morgan fingerprint density at radius 2 is 1.95 bits per heavy atom. The van der Waals surface area contributed by atoms with Gasteiger partial charge in [0, 0.05) is 38.0 Å². The lowest BCUT2D eigenvalue weighted by Crippen LogP contribution is -2.46. The first-order valence-corrected chi connectivity index (χ1v) is 8.83. The van der Waals surface area contributed by atoms with Crippen LogP contribution >= 0.6 is 35.7 Å². The highest BCUT2D eigenvalue weighted by atomic mass is 127. The molecule has 0 fully saturated rings. The highest BCUT2D eigenvalue weighted by Gasteiger charge is 2.16. The van der Waals surface area contributed by atoms with E-state index >= 15 is 0 Å². The van der Waals surface area contributed by atoms with Gasteiger partial charge in [-0.15, -0.1) is 24.0 Å². The molecular weight excluding hydrogens is 411 g/mol. The Labute approximate surface area is 158 Å². The molecule has 0 aliphatic carbocycles. The van der Waals surface area contributed by atoms with Gasteiger partial charge >= 0.3 is 0 Å². The molecule has 0 aromatic heterocycles. The van der Waals surface area contributed by atoms with Gasteiger partial charge in [0.2, 0.25) is 0 Å². The third kappa shape index (κ3) is 12.8. The van der Waals surface area contributed by atoms with Gasteiger partial charge in [-0.05, 0) is 47.5 Å². The lowest BCUT2D eigenvalue weighted by Gasteiger charge is -2.25. The molecule has 0 rings (SSSR count). The molecular formula is C15H35IN4OS. The van der Waals surface area contributed by atoms with E-state index < -0.39 is 0 Å². The van der Waals surface area contributed by atoms with Crippen LogP contribution < -0.4 is 10.6 Å². The van der Waals surface area contributed by atoms with E-state index in [1.807, 2.05) is 18.7 Å². The predicted octanol–water partition coefficient (Wildman–Crippen LogP) is 2.27. The van der Waals surface area contributed by atoms with Gasteiger partial charge in [-0.3, -0.25) is 4.99 Å². The first-order chi connectivity index (χ1) is 9.84. The van der Waals surface area contributed by atoms with Crippen LogP contribution in [-0.4, -0.2) is 75.4 Å². The summed E-state index contributed by atoms with van der Waals surface area (Å²) in [5.41, 5.74) is 0. The number of nitrogens with one attached hydrogen (secondary N) is 2. The summed E-state index contributed by atoms with van der Waals surface area (Å²) in [7, 11) is 5.97. The van der Waals surface area contributed by atoms with Gasteiger partial charge in [0.05, 0.1) is 6.10 Å². The molecule has 1 unspecified atom stereocenters. The van der Waals surface area contributed by atoms with E-state index in [1.54, 1.807) is 7.05 Å². The van der Waals surface area contributed by atoms with Crippen molar-refractivity contribution < 1.29 is 4.74 Å². The minimum absolute atomic E-state index is 0. The van der Waals surface area contributed by atoms with Crippen LogP contribution in [-0.2, 0) is 4.74 Å². The zero-order valence-electron chi connectivity index (χ0n) is 15.2. The van der Waals surface area contributed by atoms with Crippen LogP contribution in [0.15, 0.2) is 4.99 Å².